The molecule has 0 radical (unpaired) electrons. The molecule has 1 unspecified atom stereocenters. The van der Waals surface area contributed by atoms with Crippen LogP contribution in [0.5, 0.6) is 17.2 Å². The Morgan fingerprint density at radius 2 is 1.62 bits per heavy atom. The SMILES string of the molecule is C=CC(=O)OCCCCCCOc1ccc(C(=O)Oc2ccc(OC(O)c3ccc(CCC)cc3)c3nc(-c4ccc(C#N)cc4)sc23)cc1. The van der Waals surface area contributed by atoms with Crippen molar-refractivity contribution in [3.8, 4) is 33.9 Å². The average molecular weight is 691 g/mol. The monoisotopic (exact) mass is 690 g/mol. The van der Waals surface area contributed by atoms with Crippen LogP contribution in [0.15, 0.2) is 97.6 Å². The number of ether oxygens (including phenoxy) is 4. The van der Waals surface area contributed by atoms with E-state index in [-0.39, 0.29) is 0 Å². The third-order valence-electron chi connectivity index (χ3n) is 7.78. The summed E-state index contributed by atoms with van der Waals surface area (Å²) in [6.45, 7) is 6.39. The van der Waals surface area contributed by atoms with Crippen LogP contribution in [-0.2, 0) is 16.0 Å². The summed E-state index contributed by atoms with van der Waals surface area (Å²) in [6, 6.07) is 26.8. The van der Waals surface area contributed by atoms with Gasteiger partial charge in [0.25, 0.3) is 0 Å². The van der Waals surface area contributed by atoms with E-state index in [1.54, 1.807) is 48.5 Å². The van der Waals surface area contributed by atoms with Crippen LogP contribution in [0, 0.1) is 11.3 Å². The topological polar surface area (TPSA) is 128 Å². The predicted molar refractivity (Wildman–Crippen MR) is 192 cm³/mol. The Balaban J connectivity index is 1.27. The van der Waals surface area contributed by atoms with Gasteiger partial charge >= 0.3 is 11.9 Å². The molecule has 0 aliphatic heterocycles. The van der Waals surface area contributed by atoms with Gasteiger partial charge in [-0.15, -0.1) is 11.3 Å². The maximum atomic E-state index is 13.3. The van der Waals surface area contributed by atoms with E-state index in [4.69, 9.17) is 23.9 Å². The number of rotatable bonds is 17. The largest absolute Gasteiger partial charge is 0.494 e. The van der Waals surface area contributed by atoms with E-state index < -0.39 is 18.2 Å². The molecule has 1 aromatic heterocycles. The Morgan fingerprint density at radius 3 is 2.30 bits per heavy atom. The van der Waals surface area contributed by atoms with E-state index in [0.717, 1.165) is 50.2 Å². The predicted octanol–water partition coefficient (Wildman–Crippen LogP) is 8.74. The standard InChI is InChI=1S/C40H38N2O7S/c1-3-9-27-10-16-30(17-11-27)39(44)48-33-22-23-34(37-36(33)42-38(50-37)29-14-12-28(26-41)13-15-29)49-40(45)31-18-20-32(21-19-31)46-24-7-5-6-8-25-47-35(43)4-2/h4,10-23,39,44H,2-3,5-9,24-25H2,1H3. The molecule has 0 bridgehead atoms. The highest BCUT2D eigenvalue weighted by Gasteiger charge is 2.21. The minimum absolute atomic E-state index is 0.299. The number of aryl methyl sites for hydroxylation is 1. The van der Waals surface area contributed by atoms with Gasteiger partial charge in [0.1, 0.15) is 21.0 Å². The third-order valence-corrected chi connectivity index (χ3v) is 8.90. The zero-order valence-corrected chi connectivity index (χ0v) is 28.6. The Morgan fingerprint density at radius 1 is 0.920 bits per heavy atom. The van der Waals surface area contributed by atoms with Crippen molar-refractivity contribution in [1.29, 1.82) is 5.26 Å². The van der Waals surface area contributed by atoms with Gasteiger partial charge in [-0.3, -0.25) is 0 Å². The third kappa shape index (κ3) is 9.56. The lowest BCUT2D eigenvalue weighted by Crippen LogP contribution is -2.09. The number of aromatic nitrogens is 1. The fourth-order valence-electron chi connectivity index (χ4n) is 5.10. The number of fused-ring (bicyclic) bond motifs is 1. The molecule has 9 nitrogen and oxygen atoms in total. The molecular weight excluding hydrogens is 653 g/mol. The molecule has 256 valence electrons. The summed E-state index contributed by atoms with van der Waals surface area (Å²) in [7, 11) is 0. The van der Waals surface area contributed by atoms with Crippen molar-refractivity contribution in [3.05, 3.63) is 120 Å². The van der Waals surface area contributed by atoms with Crippen LogP contribution >= 0.6 is 11.3 Å². The summed E-state index contributed by atoms with van der Waals surface area (Å²) in [5.74, 6) is 0.309. The summed E-state index contributed by atoms with van der Waals surface area (Å²) in [4.78, 5) is 29.2. The van der Waals surface area contributed by atoms with Gasteiger partial charge in [0, 0.05) is 17.2 Å². The van der Waals surface area contributed by atoms with Crippen molar-refractivity contribution in [1.82, 2.24) is 4.98 Å². The van der Waals surface area contributed by atoms with Gasteiger partial charge in [-0.25, -0.2) is 14.6 Å². The van der Waals surface area contributed by atoms with Crippen LogP contribution in [0.25, 0.3) is 20.8 Å². The van der Waals surface area contributed by atoms with Gasteiger partial charge in [0.2, 0.25) is 6.29 Å². The van der Waals surface area contributed by atoms with Crippen LogP contribution in [0.2, 0.25) is 0 Å². The number of hydrogen-bond donors (Lipinski definition) is 1. The number of aliphatic hydroxyl groups is 1. The number of carbonyl (C=O) groups excluding carboxylic acids is 2. The van der Waals surface area contributed by atoms with Crippen molar-refractivity contribution in [3.63, 3.8) is 0 Å². The zero-order chi connectivity index (χ0) is 35.3. The van der Waals surface area contributed by atoms with Crippen molar-refractivity contribution in [2.24, 2.45) is 0 Å². The van der Waals surface area contributed by atoms with Crippen LogP contribution in [-0.4, -0.2) is 35.2 Å². The number of benzene rings is 4. The quantitative estimate of drug-likeness (QED) is 0.0335. The first-order valence-electron chi connectivity index (χ1n) is 16.5. The summed E-state index contributed by atoms with van der Waals surface area (Å²) in [6.07, 6.45) is 5.38. The fraction of sp³-hybridized carbons (Fsp3) is 0.250. The van der Waals surface area contributed by atoms with Crippen molar-refractivity contribution < 1.29 is 33.6 Å². The molecule has 0 aliphatic carbocycles. The molecule has 5 rings (SSSR count). The van der Waals surface area contributed by atoms with E-state index in [1.165, 1.54) is 16.9 Å². The molecule has 0 aliphatic rings. The molecule has 10 heteroatoms. The second-order valence-electron chi connectivity index (χ2n) is 11.5. The molecule has 0 amide bonds. The Kier molecular flexibility index (Phi) is 12.7. The molecule has 1 atom stereocenters. The lowest BCUT2D eigenvalue weighted by molar-refractivity contribution is -0.137. The summed E-state index contributed by atoms with van der Waals surface area (Å²) in [5, 5.41) is 20.8. The number of aliphatic hydroxyl groups excluding tert-OH is 1. The summed E-state index contributed by atoms with van der Waals surface area (Å²) >= 11 is 1.32. The van der Waals surface area contributed by atoms with Gasteiger partial charge in [0.05, 0.1) is 30.4 Å². The molecule has 0 saturated carbocycles. The van der Waals surface area contributed by atoms with E-state index in [2.05, 4.69) is 19.6 Å². The van der Waals surface area contributed by atoms with Crippen LogP contribution in [0.4, 0.5) is 0 Å². The highest BCUT2D eigenvalue weighted by Crippen LogP contribution is 2.42. The lowest BCUT2D eigenvalue weighted by atomic mass is 10.1. The van der Waals surface area contributed by atoms with Crippen LogP contribution in [0.1, 0.15) is 72.4 Å². The summed E-state index contributed by atoms with van der Waals surface area (Å²) in [5.41, 5.74) is 3.87. The average Bonchev–Trinajstić information content (AvgIpc) is 3.61. The highest BCUT2D eigenvalue weighted by molar-refractivity contribution is 7.22. The Labute approximate surface area is 295 Å². The van der Waals surface area contributed by atoms with Crippen LogP contribution < -0.4 is 14.2 Å². The first kappa shape index (κ1) is 35.8. The number of nitrogens with zero attached hydrogens (tertiary/aromatic N) is 2. The van der Waals surface area contributed by atoms with Gasteiger partial charge in [0.15, 0.2) is 11.5 Å². The van der Waals surface area contributed by atoms with Gasteiger partial charge in [-0.2, -0.15) is 5.26 Å². The number of thiazole rings is 1. The maximum absolute atomic E-state index is 13.3. The first-order chi connectivity index (χ1) is 24.4. The van der Waals surface area contributed by atoms with E-state index in [1.807, 2.05) is 36.4 Å². The lowest BCUT2D eigenvalue weighted by Gasteiger charge is -2.15. The maximum Gasteiger partial charge on any atom is 0.343 e. The molecule has 4 aromatic carbocycles. The number of hydrogen-bond acceptors (Lipinski definition) is 10. The zero-order valence-electron chi connectivity index (χ0n) is 27.8. The second kappa shape index (κ2) is 17.8. The van der Waals surface area contributed by atoms with Gasteiger partial charge in [-0.1, -0.05) is 56.3 Å². The van der Waals surface area contributed by atoms with E-state index in [0.29, 0.717) is 62.4 Å². The molecule has 50 heavy (non-hydrogen) atoms. The minimum atomic E-state index is -1.24. The molecule has 0 spiro atoms. The molecule has 0 saturated heterocycles. The number of unbranched alkanes of at least 4 members (excludes halogenated alkanes) is 3. The summed E-state index contributed by atoms with van der Waals surface area (Å²) < 4.78 is 23.3. The number of esters is 2. The number of nitriles is 1. The molecule has 1 heterocycles. The van der Waals surface area contributed by atoms with Crippen molar-refractivity contribution in [2.45, 2.75) is 51.7 Å². The second-order valence-corrected chi connectivity index (χ2v) is 12.5. The fourth-order valence-corrected chi connectivity index (χ4v) is 6.14. The smallest absolute Gasteiger partial charge is 0.343 e. The molecule has 5 aromatic rings. The van der Waals surface area contributed by atoms with Gasteiger partial charge < -0.3 is 24.1 Å². The van der Waals surface area contributed by atoms with Crippen LogP contribution in [0.3, 0.4) is 0 Å². The highest BCUT2D eigenvalue weighted by atomic mass is 32.1. The molecule has 1 N–H and O–H groups in total. The first-order valence-corrected chi connectivity index (χ1v) is 17.3. The Bertz CT molecular complexity index is 1950. The normalized spacial score (nSPS) is 11.4. The van der Waals surface area contributed by atoms with Crippen molar-refractivity contribution >= 4 is 33.5 Å². The Hall–Kier alpha value is -5.50. The minimum Gasteiger partial charge on any atom is -0.494 e. The van der Waals surface area contributed by atoms with Crippen molar-refractivity contribution in [2.75, 3.05) is 13.2 Å². The number of carbonyl (C=O) groups is 2. The van der Waals surface area contributed by atoms with Gasteiger partial charge in [-0.05, 0) is 86.2 Å². The van der Waals surface area contributed by atoms with E-state index >= 15 is 0 Å². The molecular formula is C40H38N2O7S. The van der Waals surface area contributed by atoms with E-state index in [9.17, 15) is 20.0 Å². The molecule has 0 fully saturated rings.